The van der Waals surface area contributed by atoms with Gasteiger partial charge in [0.2, 0.25) is 11.4 Å². The van der Waals surface area contributed by atoms with E-state index < -0.39 is 0 Å². The molecule has 108 valence electrons. The fourth-order valence-electron chi connectivity index (χ4n) is 2.17. The van der Waals surface area contributed by atoms with E-state index in [0.717, 1.165) is 23.1 Å². The van der Waals surface area contributed by atoms with Gasteiger partial charge >= 0.3 is 0 Å². The maximum absolute atomic E-state index is 10.9. The van der Waals surface area contributed by atoms with Crippen molar-refractivity contribution in [1.82, 2.24) is 5.32 Å². The van der Waals surface area contributed by atoms with Crippen molar-refractivity contribution in [2.24, 2.45) is 7.05 Å². The van der Waals surface area contributed by atoms with Crippen LogP contribution in [0.2, 0.25) is 0 Å². The lowest BCUT2D eigenvalue weighted by Gasteiger charge is -2.07. The molecule has 0 bridgehead atoms. The standard InChI is InChI=1S/C15H18N2O2.HI/c1-11(18)16-8-6-12-7-9-17(2)15-5-4-13(19-3)10-14(12)15;/h4-5,7,9-10H,6,8H2,1-3H3;1H. The SMILES string of the molecule is COc1ccc2c(c1)c(CCNC(C)=O)cc[n+]2C.[I-]. The Morgan fingerprint density at radius 1 is 1.35 bits per heavy atom. The van der Waals surface area contributed by atoms with Crippen molar-refractivity contribution in [3.63, 3.8) is 0 Å². The zero-order valence-electron chi connectivity index (χ0n) is 11.9. The summed E-state index contributed by atoms with van der Waals surface area (Å²) in [5, 5.41) is 3.99. The minimum Gasteiger partial charge on any atom is -1.00 e. The molecule has 1 heterocycles. The second kappa shape index (κ2) is 7.42. The lowest BCUT2D eigenvalue weighted by molar-refractivity contribution is -0.644. The molecule has 0 saturated heterocycles. The average molecular weight is 386 g/mol. The third-order valence-electron chi connectivity index (χ3n) is 3.20. The van der Waals surface area contributed by atoms with Crippen LogP contribution < -0.4 is 38.6 Å². The number of pyridine rings is 1. The number of halogens is 1. The van der Waals surface area contributed by atoms with Gasteiger partial charge in [0.05, 0.1) is 12.5 Å². The van der Waals surface area contributed by atoms with E-state index >= 15 is 0 Å². The van der Waals surface area contributed by atoms with Gasteiger partial charge in [-0.3, -0.25) is 4.79 Å². The number of benzene rings is 1. The van der Waals surface area contributed by atoms with E-state index in [9.17, 15) is 4.79 Å². The number of nitrogens with one attached hydrogen (secondary N) is 1. The molecule has 0 spiro atoms. The topological polar surface area (TPSA) is 42.2 Å². The molecule has 0 fully saturated rings. The summed E-state index contributed by atoms with van der Waals surface area (Å²) in [7, 11) is 3.69. The van der Waals surface area contributed by atoms with Crippen molar-refractivity contribution in [1.29, 1.82) is 0 Å². The summed E-state index contributed by atoms with van der Waals surface area (Å²) in [5.74, 6) is 0.850. The number of hydrogen-bond donors (Lipinski definition) is 1. The van der Waals surface area contributed by atoms with Crippen LogP contribution in [0.5, 0.6) is 5.75 Å². The third kappa shape index (κ3) is 3.82. The molecule has 0 unspecified atom stereocenters. The van der Waals surface area contributed by atoms with Crippen molar-refractivity contribution in [3.05, 3.63) is 36.0 Å². The Hall–Kier alpha value is -1.37. The fraction of sp³-hybridized carbons (Fsp3) is 0.333. The van der Waals surface area contributed by atoms with Gasteiger partial charge in [-0.15, -0.1) is 0 Å². The number of rotatable bonds is 4. The van der Waals surface area contributed by atoms with E-state index in [4.69, 9.17) is 4.74 Å². The first-order valence-corrected chi connectivity index (χ1v) is 6.31. The van der Waals surface area contributed by atoms with Crippen LogP contribution >= 0.6 is 0 Å². The predicted molar refractivity (Wildman–Crippen MR) is 74.1 cm³/mol. The highest BCUT2D eigenvalue weighted by Crippen LogP contribution is 2.21. The maximum atomic E-state index is 10.9. The van der Waals surface area contributed by atoms with Gasteiger partial charge in [-0.2, -0.15) is 0 Å². The first kappa shape index (κ1) is 16.7. The third-order valence-corrected chi connectivity index (χ3v) is 3.20. The molecule has 1 N–H and O–H groups in total. The van der Waals surface area contributed by atoms with Crippen LogP contribution in [-0.2, 0) is 18.3 Å². The zero-order valence-corrected chi connectivity index (χ0v) is 14.1. The number of carbonyl (C=O) groups is 1. The minimum absolute atomic E-state index is 0. The molecule has 0 radical (unpaired) electrons. The van der Waals surface area contributed by atoms with Gasteiger partial charge in [-0.1, -0.05) is 0 Å². The summed E-state index contributed by atoms with van der Waals surface area (Å²) in [6.45, 7) is 2.18. The van der Waals surface area contributed by atoms with Crippen LogP contribution in [-0.4, -0.2) is 19.6 Å². The molecule has 1 aromatic heterocycles. The summed E-state index contributed by atoms with van der Waals surface area (Å²) in [5.41, 5.74) is 2.36. The molecule has 0 saturated carbocycles. The second-order valence-electron chi connectivity index (χ2n) is 4.57. The summed E-state index contributed by atoms with van der Waals surface area (Å²) >= 11 is 0. The van der Waals surface area contributed by atoms with Crippen LogP contribution in [0.25, 0.3) is 10.9 Å². The van der Waals surface area contributed by atoms with E-state index in [2.05, 4.69) is 22.0 Å². The number of fused-ring (bicyclic) bond motifs is 1. The molecule has 1 aromatic carbocycles. The van der Waals surface area contributed by atoms with Crippen molar-refractivity contribution < 1.29 is 38.1 Å². The van der Waals surface area contributed by atoms with Gasteiger partial charge in [-0.05, 0) is 24.1 Å². The largest absolute Gasteiger partial charge is 1.00 e. The van der Waals surface area contributed by atoms with Gasteiger partial charge in [0.25, 0.3) is 0 Å². The fourth-order valence-corrected chi connectivity index (χ4v) is 2.17. The molecule has 1 amide bonds. The van der Waals surface area contributed by atoms with Crippen LogP contribution in [0.4, 0.5) is 0 Å². The summed E-state index contributed by atoms with van der Waals surface area (Å²) in [6.07, 6.45) is 2.85. The number of carbonyl (C=O) groups excluding carboxylic acids is 1. The highest BCUT2D eigenvalue weighted by atomic mass is 127. The Labute approximate surface area is 136 Å². The van der Waals surface area contributed by atoms with Gasteiger partial charge in [-0.25, -0.2) is 4.57 Å². The molecule has 0 atom stereocenters. The molecule has 2 aromatic rings. The van der Waals surface area contributed by atoms with Gasteiger partial charge in [0, 0.05) is 25.6 Å². The van der Waals surface area contributed by atoms with Gasteiger partial charge < -0.3 is 34.0 Å². The number of nitrogens with zero attached hydrogens (tertiary/aromatic N) is 1. The maximum Gasteiger partial charge on any atom is 0.216 e. The molecule has 0 aliphatic rings. The molecular formula is C15H19IN2O2. The quantitative estimate of drug-likeness (QED) is 0.506. The normalized spacial score (nSPS) is 9.95. The average Bonchev–Trinajstić information content (AvgIpc) is 2.40. The highest BCUT2D eigenvalue weighted by molar-refractivity contribution is 5.81. The highest BCUT2D eigenvalue weighted by Gasteiger charge is 2.10. The van der Waals surface area contributed by atoms with Crippen LogP contribution in [0.1, 0.15) is 12.5 Å². The molecule has 0 aliphatic heterocycles. The Kier molecular flexibility index (Phi) is 6.19. The van der Waals surface area contributed by atoms with Crippen LogP contribution in [0.15, 0.2) is 30.5 Å². The molecule has 2 rings (SSSR count). The van der Waals surface area contributed by atoms with Crippen molar-refractivity contribution in [2.45, 2.75) is 13.3 Å². The number of methoxy groups -OCH3 is 1. The Balaban J connectivity index is 0.00000200. The molecular weight excluding hydrogens is 367 g/mol. The summed E-state index contributed by atoms with van der Waals surface area (Å²) in [4.78, 5) is 10.9. The summed E-state index contributed by atoms with van der Waals surface area (Å²) in [6, 6.07) is 8.14. The Morgan fingerprint density at radius 2 is 2.10 bits per heavy atom. The van der Waals surface area contributed by atoms with Crippen LogP contribution in [0.3, 0.4) is 0 Å². The Morgan fingerprint density at radius 3 is 2.75 bits per heavy atom. The van der Waals surface area contributed by atoms with Gasteiger partial charge in [0.1, 0.15) is 12.8 Å². The predicted octanol–water partition coefficient (Wildman–Crippen LogP) is -1.64. The molecule has 0 aliphatic carbocycles. The van der Waals surface area contributed by atoms with E-state index in [-0.39, 0.29) is 29.9 Å². The molecule has 4 nitrogen and oxygen atoms in total. The first-order valence-electron chi connectivity index (χ1n) is 6.31. The van der Waals surface area contributed by atoms with E-state index in [1.165, 1.54) is 12.5 Å². The van der Waals surface area contributed by atoms with Crippen molar-refractivity contribution in [3.8, 4) is 5.75 Å². The first-order chi connectivity index (χ1) is 9.11. The lowest BCUT2D eigenvalue weighted by atomic mass is 10.1. The van der Waals surface area contributed by atoms with Crippen molar-refractivity contribution in [2.75, 3.05) is 13.7 Å². The van der Waals surface area contributed by atoms with E-state index in [1.807, 2.05) is 25.4 Å². The number of ether oxygens (including phenoxy) is 1. The zero-order chi connectivity index (χ0) is 13.8. The van der Waals surface area contributed by atoms with Crippen LogP contribution in [0, 0.1) is 0 Å². The molecule has 5 heteroatoms. The Bertz CT molecular complexity index is 614. The van der Waals surface area contributed by atoms with E-state index in [1.54, 1.807) is 7.11 Å². The monoisotopic (exact) mass is 386 g/mol. The van der Waals surface area contributed by atoms with E-state index in [0.29, 0.717) is 6.54 Å². The lowest BCUT2D eigenvalue weighted by Crippen LogP contribution is -3.00. The molecule has 20 heavy (non-hydrogen) atoms. The number of aryl methyl sites for hydroxylation is 1. The minimum atomic E-state index is 0. The number of hydrogen-bond acceptors (Lipinski definition) is 2. The summed E-state index contributed by atoms with van der Waals surface area (Å²) < 4.78 is 7.36. The van der Waals surface area contributed by atoms with Crippen molar-refractivity contribution >= 4 is 16.8 Å². The van der Waals surface area contributed by atoms with Gasteiger partial charge in [0.15, 0.2) is 6.20 Å². The second-order valence-corrected chi connectivity index (χ2v) is 4.57. The smallest absolute Gasteiger partial charge is 0.216 e. The number of amides is 1. The number of aromatic nitrogens is 1.